The third-order valence-electron chi connectivity index (χ3n) is 4.60. The fraction of sp³-hybridized carbons (Fsp3) is 0.474. The van der Waals surface area contributed by atoms with Crippen molar-refractivity contribution < 1.29 is 9.53 Å². The fourth-order valence-corrected chi connectivity index (χ4v) is 3.18. The first-order valence-electron chi connectivity index (χ1n) is 8.81. The van der Waals surface area contributed by atoms with Gasteiger partial charge in [-0.05, 0) is 43.2 Å². The largest absolute Gasteiger partial charge is 0.497 e. The minimum Gasteiger partial charge on any atom is -0.497 e. The summed E-state index contributed by atoms with van der Waals surface area (Å²) in [5, 5.41) is 4.24. The lowest BCUT2D eigenvalue weighted by Gasteiger charge is -2.24. The second-order valence-corrected chi connectivity index (χ2v) is 6.45. The van der Waals surface area contributed by atoms with E-state index in [-0.39, 0.29) is 5.91 Å². The molecule has 0 atom stereocenters. The molecule has 25 heavy (non-hydrogen) atoms. The summed E-state index contributed by atoms with van der Waals surface area (Å²) in [5.41, 5.74) is 2.31. The molecule has 3 rings (SSSR count). The van der Waals surface area contributed by atoms with Gasteiger partial charge in [0.1, 0.15) is 5.75 Å². The molecule has 0 N–H and O–H groups in total. The van der Waals surface area contributed by atoms with Gasteiger partial charge in [-0.1, -0.05) is 0 Å². The highest BCUT2D eigenvalue weighted by atomic mass is 16.5. The van der Waals surface area contributed by atoms with Crippen molar-refractivity contribution in [3.63, 3.8) is 0 Å². The Kier molecular flexibility index (Phi) is 5.58. The smallest absolute Gasteiger partial charge is 0.224 e. The van der Waals surface area contributed by atoms with Crippen LogP contribution in [0, 0.1) is 6.92 Å². The molecule has 1 saturated heterocycles. The molecule has 2 aromatic rings. The zero-order valence-electron chi connectivity index (χ0n) is 15.0. The number of hydrogen-bond donors (Lipinski definition) is 0. The average Bonchev–Trinajstić information content (AvgIpc) is 2.90. The summed E-state index contributed by atoms with van der Waals surface area (Å²) in [5.74, 6) is 1.08. The Labute approximate surface area is 149 Å². The number of carbonyl (C=O) groups excluding carboxylic acids is 1. The predicted molar refractivity (Wildman–Crippen MR) is 98.0 cm³/mol. The lowest BCUT2D eigenvalue weighted by Crippen LogP contribution is -2.35. The van der Waals surface area contributed by atoms with Gasteiger partial charge in [0, 0.05) is 51.0 Å². The van der Waals surface area contributed by atoms with E-state index in [1.807, 2.05) is 41.0 Å². The molecular weight excluding hydrogens is 316 g/mol. The molecule has 0 aliphatic carbocycles. The third-order valence-corrected chi connectivity index (χ3v) is 4.60. The van der Waals surface area contributed by atoms with Gasteiger partial charge in [-0.25, -0.2) is 0 Å². The molecule has 1 aliphatic heterocycles. The van der Waals surface area contributed by atoms with Gasteiger partial charge in [0.25, 0.3) is 0 Å². The number of aromatic nitrogens is 2. The van der Waals surface area contributed by atoms with Crippen LogP contribution in [0.25, 0.3) is 0 Å². The van der Waals surface area contributed by atoms with E-state index in [4.69, 9.17) is 4.74 Å². The molecular formula is C19H26N4O2. The van der Waals surface area contributed by atoms with Crippen LogP contribution in [0.3, 0.4) is 0 Å². The van der Waals surface area contributed by atoms with Gasteiger partial charge in [-0.15, -0.1) is 0 Å². The number of hydrogen-bond acceptors (Lipinski definition) is 4. The summed E-state index contributed by atoms with van der Waals surface area (Å²) in [6.07, 6.45) is 5.28. The topological polar surface area (TPSA) is 50.6 Å². The molecule has 0 radical (unpaired) electrons. The number of methoxy groups -OCH3 is 1. The molecule has 6 heteroatoms. The minimum atomic E-state index is 0.213. The van der Waals surface area contributed by atoms with E-state index in [2.05, 4.69) is 22.1 Å². The SMILES string of the molecule is COc1ccc(N2CCCN(C(=O)CCn3cc(C)cn3)CC2)cc1. The number of amides is 1. The third kappa shape index (κ3) is 4.53. The van der Waals surface area contributed by atoms with Crippen LogP contribution in [0.15, 0.2) is 36.7 Å². The summed E-state index contributed by atoms with van der Waals surface area (Å²) in [6.45, 7) is 6.07. The highest BCUT2D eigenvalue weighted by Crippen LogP contribution is 2.20. The quantitative estimate of drug-likeness (QED) is 0.837. The first-order chi connectivity index (χ1) is 12.2. The number of carbonyl (C=O) groups is 1. The second kappa shape index (κ2) is 8.05. The highest BCUT2D eigenvalue weighted by molar-refractivity contribution is 5.76. The van der Waals surface area contributed by atoms with Crippen LogP contribution in [-0.4, -0.2) is 53.9 Å². The van der Waals surface area contributed by atoms with E-state index in [1.165, 1.54) is 5.69 Å². The van der Waals surface area contributed by atoms with Crippen molar-refractivity contribution in [1.29, 1.82) is 0 Å². The Morgan fingerprint density at radius 3 is 2.64 bits per heavy atom. The minimum absolute atomic E-state index is 0.213. The van der Waals surface area contributed by atoms with Gasteiger partial charge in [0.2, 0.25) is 5.91 Å². The molecule has 1 aliphatic rings. The van der Waals surface area contributed by atoms with Gasteiger partial charge in [0.05, 0.1) is 13.3 Å². The Morgan fingerprint density at radius 2 is 1.96 bits per heavy atom. The standard InChI is InChI=1S/C19H26N4O2/c1-16-14-20-23(15-16)11-8-19(24)22-10-3-9-21(12-13-22)17-4-6-18(25-2)7-5-17/h4-7,14-15H,3,8-13H2,1-2H3. The van der Waals surface area contributed by atoms with Crippen LogP contribution in [0.4, 0.5) is 5.69 Å². The molecule has 1 aromatic heterocycles. The molecule has 0 bridgehead atoms. The molecule has 1 fully saturated rings. The van der Waals surface area contributed by atoms with Crippen molar-refractivity contribution in [2.45, 2.75) is 26.3 Å². The van der Waals surface area contributed by atoms with Crippen molar-refractivity contribution in [3.05, 3.63) is 42.2 Å². The lowest BCUT2D eigenvalue weighted by molar-refractivity contribution is -0.131. The maximum atomic E-state index is 12.5. The van der Waals surface area contributed by atoms with Crippen LogP contribution < -0.4 is 9.64 Å². The Balaban J connectivity index is 1.52. The van der Waals surface area contributed by atoms with Crippen molar-refractivity contribution >= 4 is 11.6 Å². The molecule has 6 nitrogen and oxygen atoms in total. The molecule has 0 spiro atoms. The van der Waals surface area contributed by atoms with Gasteiger partial charge in [0.15, 0.2) is 0 Å². The molecule has 1 amide bonds. The van der Waals surface area contributed by atoms with Crippen LogP contribution in [0.5, 0.6) is 5.75 Å². The molecule has 0 unspecified atom stereocenters. The van der Waals surface area contributed by atoms with E-state index < -0.39 is 0 Å². The highest BCUT2D eigenvalue weighted by Gasteiger charge is 2.19. The van der Waals surface area contributed by atoms with E-state index in [9.17, 15) is 4.79 Å². The predicted octanol–water partition coefficient (Wildman–Crippen LogP) is 2.33. The fourth-order valence-electron chi connectivity index (χ4n) is 3.18. The van der Waals surface area contributed by atoms with Gasteiger partial charge in [-0.2, -0.15) is 5.10 Å². The summed E-state index contributed by atoms with van der Waals surface area (Å²) in [7, 11) is 1.68. The Bertz CT molecular complexity index is 696. The monoisotopic (exact) mass is 342 g/mol. The maximum absolute atomic E-state index is 12.5. The van der Waals surface area contributed by atoms with Crippen LogP contribution in [0.1, 0.15) is 18.4 Å². The lowest BCUT2D eigenvalue weighted by atomic mass is 10.2. The second-order valence-electron chi connectivity index (χ2n) is 6.45. The first-order valence-corrected chi connectivity index (χ1v) is 8.81. The van der Waals surface area contributed by atoms with Gasteiger partial charge in [-0.3, -0.25) is 9.48 Å². The van der Waals surface area contributed by atoms with Crippen molar-refractivity contribution in [1.82, 2.24) is 14.7 Å². The normalized spacial score (nSPS) is 15.1. The zero-order chi connectivity index (χ0) is 17.6. The molecule has 1 aromatic carbocycles. The molecule has 2 heterocycles. The van der Waals surface area contributed by atoms with Crippen LogP contribution in [0.2, 0.25) is 0 Å². The van der Waals surface area contributed by atoms with E-state index in [0.29, 0.717) is 13.0 Å². The summed E-state index contributed by atoms with van der Waals surface area (Å²) >= 11 is 0. The number of ether oxygens (including phenoxy) is 1. The Morgan fingerprint density at radius 1 is 1.16 bits per heavy atom. The number of nitrogens with zero attached hydrogens (tertiary/aromatic N) is 4. The van der Waals surface area contributed by atoms with Crippen molar-refractivity contribution in [3.8, 4) is 5.75 Å². The molecule has 134 valence electrons. The average molecular weight is 342 g/mol. The molecule has 0 saturated carbocycles. The van der Waals surface area contributed by atoms with Gasteiger partial charge < -0.3 is 14.5 Å². The van der Waals surface area contributed by atoms with E-state index >= 15 is 0 Å². The number of benzene rings is 1. The zero-order valence-corrected chi connectivity index (χ0v) is 15.0. The van der Waals surface area contributed by atoms with Crippen LogP contribution in [-0.2, 0) is 11.3 Å². The Hall–Kier alpha value is -2.50. The number of aryl methyl sites for hydroxylation is 2. The summed E-state index contributed by atoms with van der Waals surface area (Å²) < 4.78 is 7.06. The van der Waals surface area contributed by atoms with Crippen molar-refractivity contribution in [2.24, 2.45) is 0 Å². The van der Waals surface area contributed by atoms with E-state index in [1.54, 1.807) is 7.11 Å². The van der Waals surface area contributed by atoms with Crippen molar-refractivity contribution in [2.75, 3.05) is 38.2 Å². The van der Waals surface area contributed by atoms with Gasteiger partial charge >= 0.3 is 0 Å². The van der Waals surface area contributed by atoms with E-state index in [0.717, 1.165) is 43.9 Å². The number of anilines is 1. The summed E-state index contributed by atoms with van der Waals surface area (Å²) in [4.78, 5) is 16.8. The van der Waals surface area contributed by atoms with Crippen LogP contribution >= 0.6 is 0 Å². The maximum Gasteiger partial charge on any atom is 0.224 e. The number of rotatable bonds is 5. The summed E-state index contributed by atoms with van der Waals surface area (Å²) in [6, 6.07) is 8.12. The first kappa shape index (κ1) is 17.3.